The van der Waals surface area contributed by atoms with Gasteiger partial charge in [0.15, 0.2) is 0 Å². The molecule has 6 heteroatoms. The first-order valence-corrected chi connectivity index (χ1v) is 6.62. The summed E-state index contributed by atoms with van der Waals surface area (Å²) >= 11 is 3.31. The van der Waals surface area contributed by atoms with Gasteiger partial charge in [-0.15, -0.1) is 0 Å². The highest BCUT2D eigenvalue weighted by atomic mass is 79.9. The van der Waals surface area contributed by atoms with Crippen molar-refractivity contribution >= 4 is 26.1 Å². The van der Waals surface area contributed by atoms with Gasteiger partial charge < -0.3 is 0 Å². The molecule has 0 aromatic heterocycles. The zero-order valence-corrected chi connectivity index (χ0v) is 10.9. The van der Waals surface area contributed by atoms with Crippen LogP contribution in [0, 0.1) is 0 Å². The molecule has 4 nitrogen and oxygen atoms in total. The molecule has 0 saturated carbocycles. The van der Waals surface area contributed by atoms with E-state index in [0.717, 1.165) is 10.0 Å². The van der Waals surface area contributed by atoms with Gasteiger partial charge in [-0.05, 0) is 31.5 Å². The first-order chi connectivity index (χ1) is 6.71. The van der Waals surface area contributed by atoms with Crippen molar-refractivity contribution in [2.75, 3.05) is 0 Å². The van der Waals surface area contributed by atoms with Crippen LogP contribution in [-0.4, -0.2) is 8.42 Å². The second kappa shape index (κ2) is 4.21. The van der Waals surface area contributed by atoms with Crippen LogP contribution in [0.5, 0.6) is 0 Å². The van der Waals surface area contributed by atoms with E-state index in [4.69, 9.17) is 5.14 Å². The summed E-state index contributed by atoms with van der Waals surface area (Å²) in [5.41, 5.74) is 0.133. The molecule has 1 rings (SSSR count). The maximum atomic E-state index is 10.9. The highest BCUT2D eigenvalue weighted by Crippen LogP contribution is 2.22. The van der Waals surface area contributed by atoms with Crippen molar-refractivity contribution < 1.29 is 8.42 Å². The first-order valence-electron chi connectivity index (χ1n) is 4.28. The molecule has 0 bridgehead atoms. The van der Waals surface area contributed by atoms with Gasteiger partial charge in [0.2, 0.25) is 0 Å². The van der Waals surface area contributed by atoms with Gasteiger partial charge >= 0.3 is 0 Å². The molecule has 3 N–H and O–H groups in total. The van der Waals surface area contributed by atoms with E-state index in [0.29, 0.717) is 0 Å². The molecule has 0 saturated heterocycles. The predicted octanol–water partition coefficient (Wildman–Crippen LogP) is 1.48. The molecule has 0 heterocycles. The molecule has 0 spiro atoms. The lowest BCUT2D eigenvalue weighted by Crippen LogP contribution is -2.44. The van der Waals surface area contributed by atoms with Crippen molar-refractivity contribution in [3.63, 3.8) is 0 Å². The van der Waals surface area contributed by atoms with E-state index in [1.165, 1.54) is 0 Å². The Hall–Kier alpha value is -0.430. The highest BCUT2D eigenvalue weighted by Gasteiger charge is 2.24. The number of rotatable bonds is 3. The number of hydrogen-bond donors (Lipinski definition) is 2. The summed E-state index contributed by atoms with van der Waals surface area (Å²) in [6.45, 7) is 3.50. The zero-order valence-electron chi connectivity index (χ0n) is 8.49. The van der Waals surface area contributed by atoms with Gasteiger partial charge in [-0.25, -0.2) is 5.14 Å². The molecule has 15 heavy (non-hydrogen) atoms. The zero-order chi connectivity index (χ0) is 11.7. The third-order valence-corrected chi connectivity index (χ3v) is 3.29. The Morgan fingerprint density at radius 1 is 1.27 bits per heavy atom. The average molecular weight is 293 g/mol. The molecule has 0 radical (unpaired) electrons. The van der Waals surface area contributed by atoms with E-state index < -0.39 is 15.7 Å². The smallest absolute Gasteiger partial charge is 0.216 e. The topological polar surface area (TPSA) is 72.2 Å². The lowest BCUT2D eigenvalue weighted by Gasteiger charge is -2.25. The molecule has 0 atom stereocenters. The van der Waals surface area contributed by atoms with Crippen LogP contribution in [-0.2, 0) is 15.7 Å². The maximum absolute atomic E-state index is 10.9. The van der Waals surface area contributed by atoms with E-state index in [-0.39, 0.29) is 0 Å². The van der Waals surface area contributed by atoms with Crippen molar-refractivity contribution in [3.8, 4) is 0 Å². The molecule has 0 aliphatic rings. The van der Waals surface area contributed by atoms with Crippen LogP contribution in [0.25, 0.3) is 0 Å². The predicted molar refractivity (Wildman–Crippen MR) is 63.4 cm³/mol. The van der Waals surface area contributed by atoms with Gasteiger partial charge in [0.25, 0.3) is 10.2 Å². The lowest BCUT2D eigenvalue weighted by atomic mass is 9.96. The Labute approximate surface area is 98.2 Å². The monoisotopic (exact) mass is 292 g/mol. The molecule has 1 aromatic carbocycles. The molecular formula is C9H13BrN2O2S. The van der Waals surface area contributed by atoms with Crippen LogP contribution in [0.1, 0.15) is 19.4 Å². The number of nitrogens with one attached hydrogen (secondary N) is 1. The maximum Gasteiger partial charge on any atom is 0.275 e. The minimum Gasteiger partial charge on any atom is -0.216 e. The number of hydrogen-bond acceptors (Lipinski definition) is 2. The van der Waals surface area contributed by atoms with E-state index in [9.17, 15) is 8.42 Å². The van der Waals surface area contributed by atoms with Gasteiger partial charge in [-0.1, -0.05) is 28.1 Å². The third-order valence-electron chi connectivity index (χ3n) is 1.96. The van der Waals surface area contributed by atoms with Crippen LogP contribution in [0.4, 0.5) is 0 Å². The van der Waals surface area contributed by atoms with E-state index in [1.807, 2.05) is 24.3 Å². The molecule has 84 valence electrons. The fraction of sp³-hybridized carbons (Fsp3) is 0.333. The van der Waals surface area contributed by atoms with Crippen molar-refractivity contribution in [1.29, 1.82) is 0 Å². The second-order valence-electron chi connectivity index (χ2n) is 3.78. The number of benzene rings is 1. The summed E-state index contributed by atoms with van der Waals surface area (Å²) in [4.78, 5) is 0. The van der Waals surface area contributed by atoms with Crippen LogP contribution >= 0.6 is 15.9 Å². The number of nitrogens with two attached hydrogens (primary N) is 1. The van der Waals surface area contributed by atoms with Crippen molar-refractivity contribution in [3.05, 3.63) is 34.3 Å². The van der Waals surface area contributed by atoms with Crippen molar-refractivity contribution in [2.24, 2.45) is 5.14 Å². The molecule has 1 aromatic rings. The van der Waals surface area contributed by atoms with Gasteiger partial charge in [0.1, 0.15) is 0 Å². The molecule has 0 amide bonds. The molecule has 0 fully saturated rings. The molecule has 0 unspecified atom stereocenters. The quantitative estimate of drug-likeness (QED) is 0.886. The Balaban J connectivity index is 3.00. The van der Waals surface area contributed by atoms with Crippen LogP contribution in [0.3, 0.4) is 0 Å². The van der Waals surface area contributed by atoms with E-state index in [2.05, 4.69) is 20.7 Å². The van der Waals surface area contributed by atoms with Crippen molar-refractivity contribution in [2.45, 2.75) is 19.4 Å². The summed E-state index contributed by atoms with van der Waals surface area (Å²) in [5.74, 6) is 0. The lowest BCUT2D eigenvalue weighted by molar-refractivity contribution is 0.472. The molecular weight excluding hydrogens is 280 g/mol. The minimum absolute atomic E-state index is 0.714. The summed E-state index contributed by atoms with van der Waals surface area (Å²) in [6, 6.07) is 7.37. The fourth-order valence-corrected chi connectivity index (χ4v) is 2.37. The normalized spacial score (nSPS) is 12.8. The van der Waals surface area contributed by atoms with Crippen LogP contribution < -0.4 is 9.86 Å². The Kier molecular flexibility index (Phi) is 3.55. The summed E-state index contributed by atoms with van der Waals surface area (Å²) < 4.78 is 25.2. The summed E-state index contributed by atoms with van der Waals surface area (Å²) in [7, 11) is -3.70. The van der Waals surface area contributed by atoms with Gasteiger partial charge in [-0.3, -0.25) is 0 Å². The highest BCUT2D eigenvalue weighted by molar-refractivity contribution is 9.10. The van der Waals surface area contributed by atoms with E-state index >= 15 is 0 Å². The molecule has 0 aliphatic carbocycles. The average Bonchev–Trinajstić information content (AvgIpc) is 2.00. The Morgan fingerprint density at radius 2 is 1.73 bits per heavy atom. The fourth-order valence-electron chi connectivity index (χ4n) is 1.28. The molecule has 0 aliphatic heterocycles. The summed E-state index contributed by atoms with van der Waals surface area (Å²) in [5, 5.41) is 4.94. The Morgan fingerprint density at radius 3 is 2.13 bits per heavy atom. The first kappa shape index (κ1) is 12.6. The third kappa shape index (κ3) is 3.90. The van der Waals surface area contributed by atoms with Gasteiger partial charge in [0, 0.05) is 4.47 Å². The van der Waals surface area contributed by atoms with E-state index in [1.54, 1.807) is 13.8 Å². The largest absolute Gasteiger partial charge is 0.275 e. The standard InChI is InChI=1S/C9H13BrN2O2S/c1-9(2,12-15(11,13)14)7-3-5-8(10)6-4-7/h3-6,12H,1-2H3,(H2,11,13,14). The SMILES string of the molecule is CC(C)(NS(N)(=O)=O)c1ccc(Br)cc1. The van der Waals surface area contributed by atoms with Crippen LogP contribution in [0.2, 0.25) is 0 Å². The number of halogens is 1. The minimum atomic E-state index is -3.70. The second-order valence-corrected chi connectivity index (χ2v) is 5.99. The van der Waals surface area contributed by atoms with Crippen LogP contribution in [0.15, 0.2) is 28.7 Å². The van der Waals surface area contributed by atoms with Crippen molar-refractivity contribution in [1.82, 2.24) is 4.72 Å². The summed E-state index contributed by atoms with van der Waals surface area (Å²) in [6.07, 6.45) is 0. The Bertz CT molecular complexity index is 440. The van der Waals surface area contributed by atoms with Gasteiger partial charge in [0.05, 0.1) is 5.54 Å². The van der Waals surface area contributed by atoms with Gasteiger partial charge in [-0.2, -0.15) is 13.1 Å².